The quantitative estimate of drug-likeness (QED) is 0.784. The fraction of sp³-hybridized carbons (Fsp3) is 0.455. The van der Waals surface area contributed by atoms with Crippen molar-refractivity contribution in [3.8, 4) is 6.07 Å². The highest BCUT2D eigenvalue weighted by Gasteiger charge is 2.18. The van der Waals surface area contributed by atoms with Crippen molar-refractivity contribution in [2.45, 2.75) is 20.4 Å². The first-order chi connectivity index (χ1) is 7.19. The van der Waals surface area contributed by atoms with Gasteiger partial charge in [0.2, 0.25) is 5.91 Å². The smallest absolute Gasteiger partial charge is 0.239 e. The average molecular weight is 222 g/mol. The summed E-state index contributed by atoms with van der Waals surface area (Å²) >= 11 is 1.63. The lowest BCUT2D eigenvalue weighted by molar-refractivity contribution is -0.133. The van der Waals surface area contributed by atoms with Crippen molar-refractivity contribution in [1.29, 1.82) is 5.26 Å². The molecule has 0 aliphatic heterocycles. The second-order valence-corrected chi connectivity index (χ2v) is 4.31. The highest BCUT2D eigenvalue weighted by molar-refractivity contribution is 7.09. The first kappa shape index (κ1) is 11.7. The fourth-order valence-electron chi connectivity index (χ4n) is 1.27. The van der Waals surface area contributed by atoms with Crippen molar-refractivity contribution < 1.29 is 4.79 Å². The van der Waals surface area contributed by atoms with Crippen LogP contribution in [0.3, 0.4) is 0 Å². The number of nitriles is 1. The van der Waals surface area contributed by atoms with Gasteiger partial charge in [0.15, 0.2) is 0 Å². The predicted octanol–water partition coefficient (Wildman–Crippen LogP) is 2.26. The SMILES string of the molecule is CCN(Cc1cccs1)C(=O)C(C)C#N. The van der Waals surface area contributed by atoms with Crippen molar-refractivity contribution in [2.75, 3.05) is 6.54 Å². The van der Waals surface area contributed by atoms with Crippen molar-refractivity contribution >= 4 is 17.2 Å². The van der Waals surface area contributed by atoms with Crippen LogP contribution < -0.4 is 0 Å². The lowest BCUT2D eigenvalue weighted by Gasteiger charge is -2.21. The highest BCUT2D eigenvalue weighted by Crippen LogP contribution is 2.13. The third kappa shape index (κ3) is 3.07. The molecule has 0 fully saturated rings. The van der Waals surface area contributed by atoms with Crippen LogP contribution in [0.4, 0.5) is 0 Å². The molecule has 0 aliphatic carbocycles. The van der Waals surface area contributed by atoms with Gasteiger partial charge in [0.05, 0.1) is 12.6 Å². The number of rotatable bonds is 4. The zero-order valence-electron chi connectivity index (χ0n) is 8.93. The third-order valence-electron chi connectivity index (χ3n) is 2.18. The summed E-state index contributed by atoms with van der Waals surface area (Å²) in [6, 6.07) is 5.93. The summed E-state index contributed by atoms with van der Waals surface area (Å²) in [7, 11) is 0. The molecule has 0 radical (unpaired) electrons. The maximum atomic E-state index is 11.7. The molecule has 0 saturated carbocycles. The van der Waals surface area contributed by atoms with Crippen LogP contribution in [0.1, 0.15) is 18.7 Å². The maximum absolute atomic E-state index is 11.7. The minimum absolute atomic E-state index is 0.0894. The summed E-state index contributed by atoms with van der Waals surface area (Å²) in [5.74, 6) is -0.640. The number of hydrogen-bond donors (Lipinski definition) is 0. The number of hydrogen-bond acceptors (Lipinski definition) is 3. The van der Waals surface area contributed by atoms with Gasteiger partial charge in [0.25, 0.3) is 0 Å². The molecule has 80 valence electrons. The molecule has 0 aromatic carbocycles. The molecule has 0 bridgehead atoms. The normalized spacial score (nSPS) is 11.8. The van der Waals surface area contributed by atoms with E-state index in [1.54, 1.807) is 23.2 Å². The van der Waals surface area contributed by atoms with E-state index in [-0.39, 0.29) is 5.91 Å². The maximum Gasteiger partial charge on any atom is 0.239 e. The zero-order valence-corrected chi connectivity index (χ0v) is 9.75. The van der Waals surface area contributed by atoms with E-state index in [1.807, 2.05) is 30.5 Å². The average Bonchev–Trinajstić information content (AvgIpc) is 2.76. The molecular formula is C11H14N2OS. The molecule has 1 amide bonds. The second-order valence-electron chi connectivity index (χ2n) is 3.28. The van der Waals surface area contributed by atoms with E-state index in [2.05, 4.69) is 0 Å². The van der Waals surface area contributed by atoms with Crippen molar-refractivity contribution in [1.82, 2.24) is 4.90 Å². The van der Waals surface area contributed by atoms with Crippen LogP contribution in [0.15, 0.2) is 17.5 Å². The Morgan fingerprint density at radius 3 is 2.93 bits per heavy atom. The van der Waals surface area contributed by atoms with Gasteiger partial charge in [0.1, 0.15) is 5.92 Å². The Morgan fingerprint density at radius 1 is 1.73 bits per heavy atom. The molecule has 1 unspecified atom stereocenters. The Bertz CT molecular complexity index is 353. The monoisotopic (exact) mass is 222 g/mol. The van der Waals surface area contributed by atoms with Crippen molar-refractivity contribution in [2.24, 2.45) is 5.92 Å². The van der Waals surface area contributed by atoms with Gasteiger partial charge in [-0.2, -0.15) is 5.26 Å². The highest BCUT2D eigenvalue weighted by atomic mass is 32.1. The summed E-state index contributed by atoms with van der Waals surface area (Å²) in [6.07, 6.45) is 0. The number of thiophene rings is 1. The summed E-state index contributed by atoms with van der Waals surface area (Å²) in [6.45, 7) is 4.82. The Balaban J connectivity index is 2.65. The van der Waals surface area contributed by atoms with Crippen LogP contribution in [0.25, 0.3) is 0 Å². The van der Waals surface area contributed by atoms with E-state index < -0.39 is 5.92 Å². The first-order valence-electron chi connectivity index (χ1n) is 4.89. The number of nitrogens with zero attached hydrogens (tertiary/aromatic N) is 2. The van der Waals surface area contributed by atoms with Gasteiger partial charge in [0, 0.05) is 11.4 Å². The second kappa shape index (κ2) is 5.52. The molecule has 15 heavy (non-hydrogen) atoms. The largest absolute Gasteiger partial charge is 0.337 e. The van der Waals surface area contributed by atoms with Gasteiger partial charge >= 0.3 is 0 Å². The summed E-state index contributed by atoms with van der Waals surface area (Å²) < 4.78 is 0. The molecule has 1 heterocycles. The molecule has 3 nitrogen and oxygen atoms in total. The van der Waals surface area contributed by atoms with E-state index in [1.165, 1.54) is 0 Å². The Hall–Kier alpha value is -1.34. The Labute approximate surface area is 93.9 Å². The van der Waals surface area contributed by atoms with Crippen molar-refractivity contribution in [3.63, 3.8) is 0 Å². The molecule has 0 N–H and O–H groups in total. The van der Waals surface area contributed by atoms with Gasteiger partial charge in [-0.05, 0) is 25.3 Å². The minimum Gasteiger partial charge on any atom is -0.337 e. The van der Waals surface area contributed by atoms with E-state index in [4.69, 9.17) is 5.26 Å². The molecule has 1 aromatic rings. The number of carbonyl (C=O) groups is 1. The van der Waals surface area contributed by atoms with Gasteiger partial charge in [-0.15, -0.1) is 11.3 Å². The van der Waals surface area contributed by atoms with Crippen LogP contribution in [-0.4, -0.2) is 17.4 Å². The van der Waals surface area contributed by atoms with Gasteiger partial charge in [-0.3, -0.25) is 4.79 Å². The molecule has 0 aliphatic rings. The van der Waals surface area contributed by atoms with E-state index in [0.29, 0.717) is 13.1 Å². The zero-order chi connectivity index (χ0) is 11.3. The molecule has 1 atom stereocenters. The molecule has 4 heteroatoms. The van der Waals surface area contributed by atoms with Crippen molar-refractivity contribution in [3.05, 3.63) is 22.4 Å². The summed E-state index contributed by atoms with van der Waals surface area (Å²) in [5, 5.41) is 10.7. The molecule has 0 spiro atoms. The Kier molecular flexibility index (Phi) is 4.32. The van der Waals surface area contributed by atoms with Gasteiger partial charge < -0.3 is 4.90 Å². The van der Waals surface area contributed by atoms with E-state index >= 15 is 0 Å². The number of amides is 1. The van der Waals surface area contributed by atoms with E-state index in [0.717, 1.165) is 4.88 Å². The van der Waals surface area contributed by atoms with E-state index in [9.17, 15) is 4.79 Å². The summed E-state index contributed by atoms with van der Waals surface area (Å²) in [4.78, 5) is 14.6. The van der Waals surface area contributed by atoms with Crippen LogP contribution in [-0.2, 0) is 11.3 Å². The lowest BCUT2D eigenvalue weighted by atomic mass is 10.2. The molecule has 1 rings (SSSR count). The summed E-state index contributed by atoms with van der Waals surface area (Å²) in [5.41, 5.74) is 0. The predicted molar refractivity (Wildman–Crippen MR) is 60.2 cm³/mol. The fourth-order valence-corrected chi connectivity index (χ4v) is 1.98. The van der Waals surface area contributed by atoms with Crippen LogP contribution in [0, 0.1) is 17.2 Å². The van der Waals surface area contributed by atoms with Crippen LogP contribution in [0.5, 0.6) is 0 Å². The molecular weight excluding hydrogens is 208 g/mol. The Morgan fingerprint density at radius 2 is 2.47 bits per heavy atom. The van der Waals surface area contributed by atoms with Gasteiger partial charge in [-0.1, -0.05) is 6.07 Å². The standard InChI is InChI=1S/C11H14N2OS/c1-3-13(11(14)9(2)7-12)8-10-5-4-6-15-10/h4-6,9H,3,8H2,1-2H3. The lowest BCUT2D eigenvalue weighted by Crippen LogP contribution is -2.33. The minimum atomic E-state index is -0.551. The first-order valence-corrected chi connectivity index (χ1v) is 5.77. The number of carbonyl (C=O) groups excluding carboxylic acids is 1. The van der Waals surface area contributed by atoms with Crippen LogP contribution >= 0.6 is 11.3 Å². The topological polar surface area (TPSA) is 44.1 Å². The van der Waals surface area contributed by atoms with Crippen LogP contribution in [0.2, 0.25) is 0 Å². The van der Waals surface area contributed by atoms with Gasteiger partial charge in [-0.25, -0.2) is 0 Å². The molecule has 0 saturated heterocycles. The molecule has 1 aromatic heterocycles. The third-order valence-corrected chi connectivity index (χ3v) is 3.05.